The quantitative estimate of drug-likeness (QED) is 0.293. The highest BCUT2D eigenvalue weighted by molar-refractivity contribution is 5.88. The molecule has 1 unspecified atom stereocenters. The molecule has 38 heavy (non-hydrogen) atoms. The Morgan fingerprint density at radius 1 is 1.08 bits per heavy atom. The van der Waals surface area contributed by atoms with Gasteiger partial charge in [-0.25, -0.2) is 9.59 Å². The van der Waals surface area contributed by atoms with Crippen molar-refractivity contribution in [3.8, 4) is 17.2 Å². The maximum absolute atomic E-state index is 13.2. The molecule has 0 saturated carbocycles. The molecular weight excluding hydrogens is 505 g/mol. The normalized spacial score (nSPS) is 20.4. The smallest absolute Gasteiger partial charge is 0.491 e. The number of ether oxygens (including phenoxy) is 4. The number of rotatable bonds is 9. The molecule has 0 bridgehead atoms. The van der Waals surface area contributed by atoms with Gasteiger partial charge < -0.3 is 18.9 Å². The fraction of sp³-hybridized carbons (Fsp3) is 0.481. The van der Waals surface area contributed by atoms with Crippen LogP contribution in [0.4, 0.5) is 13.2 Å². The third kappa shape index (κ3) is 6.57. The molecule has 0 aromatic heterocycles. The van der Waals surface area contributed by atoms with Crippen LogP contribution in [0.25, 0.3) is 0 Å². The number of halogens is 3. The Hall–Kier alpha value is -3.31. The van der Waals surface area contributed by atoms with E-state index in [9.17, 15) is 22.8 Å². The standard InChI is InChI=1S/C27H31F3N2O6/c1-3-35-21-7-5-6-18(14-21)17-32-12-10-20(11-13-32)31-26(38-25(34)27(28,29)30)16-19-15-22(36-4-2)8-9-23(19)37-24(26)33/h5-9,14-15,20,31H,3-4,10-13,16-17H2,1-2H3. The number of alkyl halides is 3. The zero-order valence-electron chi connectivity index (χ0n) is 21.3. The molecule has 4 rings (SSSR count). The van der Waals surface area contributed by atoms with Crippen LogP contribution in [0.5, 0.6) is 17.2 Å². The molecule has 2 aromatic carbocycles. The fourth-order valence-electron chi connectivity index (χ4n) is 4.73. The minimum Gasteiger partial charge on any atom is -0.494 e. The molecular formula is C27H31F3N2O6. The van der Waals surface area contributed by atoms with Crippen molar-refractivity contribution in [1.82, 2.24) is 10.2 Å². The fourth-order valence-corrected chi connectivity index (χ4v) is 4.73. The van der Waals surface area contributed by atoms with Crippen molar-refractivity contribution in [1.29, 1.82) is 0 Å². The number of carbonyl (C=O) groups excluding carboxylic acids is 2. The molecule has 206 valence electrons. The SMILES string of the molecule is CCOc1cccc(CN2CCC(NC3(OC(=O)C(F)(F)F)Cc4cc(OCC)ccc4OC3=O)CC2)c1. The summed E-state index contributed by atoms with van der Waals surface area (Å²) in [7, 11) is 0. The second-order valence-electron chi connectivity index (χ2n) is 9.26. The van der Waals surface area contributed by atoms with Crippen LogP contribution in [0.1, 0.15) is 37.8 Å². The first kappa shape index (κ1) is 27.7. The highest BCUT2D eigenvalue weighted by Crippen LogP contribution is 2.36. The average molecular weight is 537 g/mol. The minimum atomic E-state index is -5.28. The third-order valence-corrected chi connectivity index (χ3v) is 6.45. The summed E-state index contributed by atoms with van der Waals surface area (Å²) >= 11 is 0. The van der Waals surface area contributed by atoms with Gasteiger partial charge in [-0.05, 0) is 75.7 Å². The molecule has 0 aliphatic carbocycles. The van der Waals surface area contributed by atoms with Gasteiger partial charge in [0.25, 0.3) is 5.72 Å². The van der Waals surface area contributed by atoms with Crippen LogP contribution in [-0.2, 0) is 27.3 Å². The number of fused-ring (bicyclic) bond motifs is 1. The zero-order chi connectivity index (χ0) is 27.3. The van der Waals surface area contributed by atoms with Crippen molar-refractivity contribution in [3.05, 3.63) is 53.6 Å². The number of nitrogens with zero attached hydrogens (tertiary/aromatic N) is 1. The van der Waals surface area contributed by atoms with Gasteiger partial charge in [0.2, 0.25) is 0 Å². The first-order valence-corrected chi connectivity index (χ1v) is 12.6. The molecule has 2 aliphatic heterocycles. The van der Waals surface area contributed by atoms with Gasteiger partial charge in [-0.1, -0.05) is 12.1 Å². The summed E-state index contributed by atoms with van der Waals surface area (Å²) in [6.45, 7) is 6.58. The van der Waals surface area contributed by atoms with E-state index in [1.807, 2.05) is 31.2 Å². The van der Waals surface area contributed by atoms with E-state index in [0.29, 0.717) is 57.0 Å². The van der Waals surface area contributed by atoms with Gasteiger partial charge in [0.1, 0.15) is 17.2 Å². The molecule has 2 aliphatic rings. The van der Waals surface area contributed by atoms with Gasteiger partial charge >= 0.3 is 18.1 Å². The van der Waals surface area contributed by atoms with Crippen molar-refractivity contribution in [2.45, 2.75) is 57.6 Å². The van der Waals surface area contributed by atoms with E-state index in [2.05, 4.69) is 10.2 Å². The maximum atomic E-state index is 13.2. The zero-order valence-corrected chi connectivity index (χ0v) is 21.3. The lowest BCUT2D eigenvalue weighted by molar-refractivity contribution is -0.222. The Bertz CT molecular complexity index is 1150. The molecule has 1 fully saturated rings. The number of likely N-dealkylation sites (tertiary alicyclic amines) is 1. The number of hydrogen-bond donors (Lipinski definition) is 1. The van der Waals surface area contributed by atoms with Crippen molar-refractivity contribution in [2.24, 2.45) is 0 Å². The van der Waals surface area contributed by atoms with Gasteiger partial charge in [-0.3, -0.25) is 10.2 Å². The molecule has 1 atom stereocenters. The van der Waals surface area contributed by atoms with Gasteiger partial charge in [-0.15, -0.1) is 0 Å². The largest absolute Gasteiger partial charge is 0.494 e. The summed E-state index contributed by atoms with van der Waals surface area (Å²) in [4.78, 5) is 27.1. The lowest BCUT2D eigenvalue weighted by atomic mass is 9.95. The summed E-state index contributed by atoms with van der Waals surface area (Å²) in [5, 5.41) is 2.92. The second kappa shape index (κ2) is 11.6. The summed E-state index contributed by atoms with van der Waals surface area (Å²) < 4.78 is 60.8. The van der Waals surface area contributed by atoms with E-state index in [1.54, 1.807) is 19.1 Å². The van der Waals surface area contributed by atoms with E-state index in [4.69, 9.17) is 18.9 Å². The predicted octanol–water partition coefficient (Wildman–Crippen LogP) is 4.00. The van der Waals surface area contributed by atoms with Crippen LogP contribution in [-0.4, -0.2) is 61.1 Å². The number of hydrogen-bond acceptors (Lipinski definition) is 8. The van der Waals surface area contributed by atoms with Crippen molar-refractivity contribution >= 4 is 11.9 Å². The van der Waals surface area contributed by atoms with Crippen molar-refractivity contribution < 1.29 is 41.7 Å². The number of benzene rings is 2. The van der Waals surface area contributed by atoms with Crippen LogP contribution in [0.15, 0.2) is 42.5 Å². The van der Waals surface area contributed by atoms with Crippen LogP contribution in [0.2, 0.25) is 0 Å². The molecule has 1 saturated heterocycles. The summed E-state index contributed by atoms with van der Waals surface area (Å²) in [6.07, 6.45) is -4.55. The predicted molar refractivity (Wildman–Crippen MR) is 131 cm³/mol. The molecule has 0 spiro atoms. The Morgan fingerprint density at radius 2 is 1.76 bits per heavy atom. The monoisotopic (exact) mass is 536 g/mol. The van der Waals surface area contributed by atoms with Crippen molar-refractivity contribution in [3.63, 3.8) is 0 Å². The van der Waals surface area contributed by atoms with Gasteiger partial charge in [0.05, 0.1) is 13.2 Å². The van der Waals surface area contributed by atoms with E-state index in [-0.39, 0.29) is 18.2 Å². The number of nitrogens with one attached hydrogen (secondary N) is 1. The van der Waals surface area contributed by atoms with E-state index < -0.39 is 23.8 Å². The Balaban J connectivity index is 1.48. The van der Waals surface area contributed by atoms with Crippen LogP contribution < -0.4 is 19.5 Å². The summed E-state index contributed by atoms with van der Waals surface area (Å²) in [5.41, 5.74) is -0.844. The van der Waals surface area contributed by atoms with Gasteiger partial charge in [-0.2, -0.15) is 13.2 Å². The minimum absolute atomic E-state index is 0.183. The topological polar surface area (TPSA) is 86.3 Å². The number of carbonyl (C=O) groups is 2. The molecule has 11 heteroatoms. The average Bonchev–Trinajstić information content (AvgIpc) is 2.86. The number of esters is 2. The second-order valence-corrected chi connectivity index (χ2v) is 9.26. The highest BCUT2D eigenvalue weighted by atomic mass is 19.4. The van der Waals surface area contributed by atoms with E-state index >= 15 is 0 Å². The van der Waals surface area contributed by atoms with E-state index in [1.165, 1.54) is 6.07 Å². The van der Waals surface area contributed by atoms with Crippen molar-refractivity contribution in [2.75, 3.05) is 26.3 Å². The Morgan fingerprint density at radius 3 is 2.42 bits per heavy atom. The lowest BCUT2D eigenvalue weighted by Crippen LogP contribution is -2.64. The molecule has 1 N–H and O–H groups in total. The van der Waals surface area contributed by atoms with E-state index in [0.717, 1.165) is 11.3 Å². The molecule has 0 amide bonds. The summed E-state index contributed by atoms with van der Waals surface area (Å²) in [5.74, 6) is -2.12. The first-order valence-electron chi connectivity index (χ1n) is 12.6. The highest BCUT2D eigenvalue weighted by Gasteiger charge is 2.54. The molecule has 2 aromatic rings. The molecule has 2 heterocycles. The molecule has 0 radical (unpaired) electrons. The lowest BCUT2D eigenvalue weighted by Gasteiger charge is -2.41. The first-order chi connectivity index (χ1) is 18.1. The summed E-state index contributed by atoms with van der Waals surface area (Å²) in [6, 6.07) is 12.1. The van der Waals surface area contributed by atoms with Gasteiger partial charge in [0.15, 0.2) is 0 Å². The maximum Gasteiger partial charge on any atom is 0.491 e. The third-order valence-electron chi connectivity index (χ3n) is 6.45. The molecule has 8 nitrogen and oxygen atoms in total. The Labute approximate surface area is 219 Å². The van der Waals surface area contributed by atoms with Crippen LogP contribution in [0.3, 0.4) is 0 Å². The Kier molecular flexibility index (Phi) is 8.47. The van der Waals surface area contributed by atoms with Crippen LogP contribution >= 0.6 is 0 Å². The van der Waals surface area contributed by atoms with Gasteiger partial charge in [0, 0.05) is 24.6 Å². The number of piperidine rings is 1. The van der Waals surface area contributed by atoms with Crippen LogP contribution in [0, 0.1) is 0 Å².